The predicted molar refractivity (Wildman–Crippen MR) is 83.8 cm³/mol. The van der Waals surface area contributed by atoms with Crippen LogP contribution in [0.5, 0.6) is 0 Å². The highest BCUT2D eigenvalue weighted by Gasteiger charge is 2.05. The Morgan fingerprint density at radius 3 is 2.56 bits per heavy atom. The molecule has 0 saturated heterocycles. The molecule has 9 heteroatoms. The summed E-state index contributed by atoms with van der Waals surface area (Å²) in [6.07, 6.45) is 0. The van der Waals surface area contributed by atoms with Gasteiger partial charge in [-0.2, -0.15) is 0 Å². The lowest BCUT2D eigenvalue weighted by Gasteiger charge is -2.16. The Morgan fingerprint density at radius 2 is 2.11 bits per heavy atom. The van der Waals surface area contributed by atoms with Crippen molar-refractivity contribution in [2.24, 2.45) is 10.1 Å². The van der Waals surface area contributed by atoms with E-state index in [0.29, 0.717) is 19.1 Å². The molecular formula is C9H23IN4O3S. The van der Waals surface area contributed by atoms with Gasteiger partial charge in [0.05, 0.1) is 18.9 Å². The first-order chi connectivity index (χ1) is 7.89. The van der Waals surface area contributed by atoms with Crippen LogP contribution in [0.1, 0.15) is 13.8 Å². The van der Waals surface area contributed by atoms with Gasteiger partial charge in [-0.1, -0.05) is 0 Å². The normalized spacial score (nSPS) is 13.7. The summed E-state index contributed by atoms with van der Waals surface area (Å²) < 4.78 is 26.5. The van der Waals surface area contributed by atoms with Gasteiger partial charge in [0.15, 0.2) is 5.96 Å². The van der Waals surface area contributed by atoms with Gasteiger partial charge in [-0.3, -0.25) is 4.99 Å². The summed E-state index contributed by atoms with van der Waals surface area (Å²) in [7, 11) is -1.85. The largest absolute Gasteiger partial charge is 0.383 e. The number of nitrogens with two attached hydrogens (primary N) is 1. The Morgan fingerprint density at radius 1 is 1.50 bits per heavy atom. The molecule has 0 aliphatic carbocycles. The molecule has 0 aromatic rings. The van der Waals surface area contributed by atoms with E-state index in [1.807, 2.05) is 13.8 Å². The van der Waals surface area contributed by atoms with Crippen molar-refractivity contribution in [3.63, 3.8) is 0 Å². The minimum atomic E-state index is -3.46. The van der Waals surface area contributed by atoms with Gasteiger partial charge in [0.1, 0.15) is 0 Å². The zero-order valence-corrected chi connectivity index (χ0v) is 14.1. The fourth-order valence-electron chi connectivity index (χ4n) is 1.13. The molecule has 0 radical (unpaired) electrons. The summed E-state index contributed by atoms with van der Waals surface area (Å²) in [5.74, 6) is 0.392. The maximum atomic E-state index is 10.7. The van der Waals surface area contributed by atoms with Crippen molar-refractivity contribution in [3.05, 3.63) is 0 Å². The lowest BCUT2D eigenvalue weighted by Crippen LogP contribution is -2.44. The van der Waals surface area contributed by atoms with E-state index in [9.17, 15) is 8.42 Å². The standard InChI is InChI=1S/C9H22N4O3S.HI/c1-4-11-9(13-8(2)7-16-3)12-5-6-17(10,14)15;/h8H,4-7H2,1-3H3,(H2,10,14,15)(H2,11,12,13);1H. The van der Waals surface area contributed by atoms with Gasteiger partial charge in [-0.15, -0.1) is 24.0 Å². The average Bonchev–Trinajstić information content (AvgIpc) is 2.16. The lowest BCUT2D eigenvalue weighted by molar-refractivity contribution is 0.179. The van der Waals surface area contributed by atoms with Crippen LogP contribution in [0.2, 0.25) is 0 Å². The van der Waals surface area contributed by atoms with Crippen LogP contribution < -0.4 is 15.8 Å². The highest BCUT2D eigenvalue weighted by Crippen LogP contribution is 1.85. The van der Waals surface area contributed by atoms with Crippen LogP contribution in [0.4, 0.5) is 0 Å². The van der Waals surface area contributed by atoms with Crippen molar-refractivity contribution in [2.45, 2.75) is 19.9 Å². The molecule has 0 heterocycles. The monoisotopic (exact) mass is 394 g/mol. The van der Waals surface area contributed by atoms with Crippen LogP contribution in [0, 0.1) is 0 Å². The third kappa shape index (κ3) is 12.3. The van der Waals surface area contributed by atoms with Crippen LogP contribution in [0.15, 0.2) is 4.99 Å². The molecule has 4 N–H and O–H groups in total. The lowest BCUT2D eigenvalue weighted by atomic mass is 10.4. The van der Waals surface area contributed by atoms with E-state index in [-0.39, 0.29) is 42.3 Å². The van der Waals surface area contributed by atoms with Crippen LogP contribution in [-0.4, -0.2) is 53.0 Å². The zero-order valence-electron chi connectivity index (χ0n) is 11.0. The van der Waals surface area contributed by atoms with Crippen molar-refractivity contribution in [1.82, 2.24) is 10.6 Å². The van der Waals surface area contributed by atoms with E-state index >= 15 is 0 Å². The van der Waals surface area contributed by atoms with Crippen LogP contribution in [-0.2, 0) is 14.8 Å². The predicted octanol–water partition coefficient (Wildman–Crippen LogP) is -0.517. The summed E-state index contributed by atoms with van der Waals surface area (Å²) in [4.78, 5) is 4.10. The second kappa shape index (κ2) is 10.8. The average molecular weight is 394 g/mol. The Kier molecular flexibility index (Phi) is 12.1. The number of rotatable bonds is 7. The Hall–Kier alpha value is -0.130. The molecule has 110 valence electrons. The molecule has 0 bridgehead atoms. The van der Waals surface area contributed by atoms with Gasteiger partial charge in [0, 0.05) is 19.7 Å². The van der Waals surface area contributed by atoms with E-state index in [1.165, 1.54) is 0 Å². The third-order valence-electron chi connectivity index (χ3n) is 1.79. The molecule has 0 aromatic heterocycles. The van der Waals surface area contributed by atoms with Gasteiger partial charge in [-0.05, 0) is 13.8 Å². The maximum Gasteiger partial charge on any atom is 0.210 e. The van der Waals surface area contributed by atoms with Crippen LogP contribution in [0.25, 0.3) is 0 Å². The molecule has 18 heavy (non-hydrogen) atoms. The van der Waals surface area contributed by atoms with Crippen LogP contribution in [0.3, 0.4) is 0 Å². The molecule has 0 saturated carbocycles. The topological polar surface area (TPSA) is 106 Å². The minimum Gasteiger partial charge on any atom is -0.383 e. The van der Waals surface area contributed by atoms with Gasteiger partial charge < -0.3 is 15.4 Å². The van der Waals surface area contributed by atoms with E-state index in [1.54, 1.807) is 7.11 Å². The van der Waals surface area contributed by atoms with Crippen LogP contribution >= 0.6 is 24.0 Å². The smallest absolute Gasteiger partial charge is 0.210 e. The van der Waals surface area contributed by atoms with E-state index < -0.39 is 10.0 Å². The maximum absolute atomic E-state index is 10.7. The highest BCUT2D eigenvalue weighted by atomic mass is 127. The number of primary sulfonamides is 1. The Bertz CT molecular complexity index is 335. The molecule has 1 atom stereocenters. The van der Waals surface area contributed by atoms with Crippen molar-refractivity contribution < 1.29 is 13.2 Å². The number of nitrogens with one attached hydrogen (secondary N) is 2. The number of guanidine groups is 1. The summed E-state index contributed by atoms with van der Waals surface area (Å²) in [6, 6.07) is 0.0901. The molecule has 0 rings (SSSR count). The summed E-state index contributed by atoms with van der Waals surface area (Å²) >= 11 is 0. The number of aliphatic imine (C=N–C) groups is 1. The summed E-state index contributed by atoms with van der Waals surface area (Å²) in [6.45, 7) is 5.24. The number of nitrogens with zero attached hydrogens (tertiary/aromatic N) is 1. The van der Waals surface area contributed by atoms with E-state index in [4.69, 9.17) is 9.88 Å². The number of halogens is 1. The van der Waals surface area contributed by atoms with Crippen molar-refractivity contribution in [2.75, 3.05) is 32.6 Å². The molecular weight excluding hydrogens is 371 g/mol. The Labute approximate surface area is 126 Å². The Balaban J connectivity index is 0. The van der Waals surface area contributed by atoms with Gasteiger partial charge in [0.25, 0.3) is 0 Å². The van der Waals surface area contributed by atoms with Gasteiger partial charge in [0.2, 0.25) is 10.0 Å². The number of hydrogen-bond acceptors (Lipinski definition) is 4. The molecule has 0 aromatic carbocycles. The molecule has 1 unspecified atom stereocenters. The molecule has 0 amide bonds. The second-order valence-electron chi connectivity index (χ2n) is 3.63. The highest BCUT2D eigenvalue weighted by molar-refractivity contribution is 14.0. The summed E-state index contributed by atoms with van der Waals surface area (Å²) in [5, 5.41) is 11.0. The molecule has 0 aliphatic heterocycles. The fourth-order valence-corrected chi connectivity index (χ4v) is 1.48. The SMILES string of the molecule is CCNC(=NCCS(N)(=O)=O)NC(C)COC.I. The first-order valence-electron chi connectivity index (χ1n) is 5.43. The van der Waals surface area contributed by atoms with Gasteiger partial charge >= 0.3 is 0 Å². The van der Waals surface area contributed by atoms with E-state index in [0.717, 1.165) is 0 Å². The zero-order chi connectivity index (χ0) is 13.3. The molecule has 0 spiro atoms. The van der Waals surface area contributed by atoms with Crippen molar-refractivity contribution in [1.29, 1.82) is 0 Å². The molecule has 0 aliphatic rings. The number of hydrogen-bond donors (Lipinski definition) is 3. The quantitative estimate of drug-likeness (QED) is 0.306. The fraction of sp³-hybridized carbons (Fsp3) is 0.889. The van der Waals surface area contributed by atoms with Crippen molar-refractivity contribution >= 4 is 40.0 Å². The van der Waals surface area contributed by atoms with E-state index in [2.05, 4.69) is 15.6 Å². The first kappa shape index (κ1) is 20.2. The second-order valence-corrected chi connectivity index (χ2v) is 5.36. The third-order valence-corrected chi connectivity index (χ3v) is 2.54. The minimum absolute atomic E-state index is 0. The van der Waals surface area contributed by atoms with Gasteiger partial charge in [-0.25, -0.2) is 13.6 Å². The number of sulfonamides is 1. The number of methoxy groups -OCH3 is 1. The van der Waals surface area contributed by atoms with Crippen molar-refractivity contribution in [3.8, 4) is 0 Å². The summed E-state index contributed by atoms with van der Waals surface area (Å²) in [5.41, 5.74) is 0. The molecule has 0 fully saturated rings. The molecule has 7 nitrogen and oxygen atoms in total. The first-order valence-corrected chi connectivity index (χ1v) is 7.14. The number of ether oxygens (including phenoxy) is 1.